The number of carboxylic acids is 2. The minimum atomic E-state index is -1.69. The van der Waals surface area contributed by atoms with Crippen LogP contribution >= 0.6 is 0 Å². The number of phenolic OH excluding ortho intramolecular Hbond substituents is 2. The Morgan fingerprint density at radius 3 is 1.04 bits per heavy atom. The number of benzene rings is 2. The first-order valence-corrected chi connectivity index (χ1v) is 30.8. The normalized spacial score (nSPS) is 17.0. The van der Waals surface area contributed by atoms with E-state index in [0.717, 1.165) is 61.0 Å². The predicted octanol–water partition coefficient (Wildman–Crippen LogP) is 3.64. The van der Waals surface area contributed by atoms with Crippen molar-refractivity contribution in [3.63, 3.8) is 0 Å². The van der Waals surface area contributed by atoms with Gasteiger partial charge in [0.05, 0.1) is 44.4 Å². The number of aliphatic carboxylic acids is 2. The van der Waals surface area contributed by atoms with E-state index in [1.807, 2.05) is 12.4 Å². The molecule has 0 atom stereocenters. The Balaban J connectivity index is 0.00000230. The summed E-state index contributed by atoms with van der Waals surface area (Å²) in [5, 5.41) is 45.1. The van der Waals surface area contributed by atoms with Crippen LogP contribution in [0.4, 0.5) is 0 Å². The molecule has 0 unspecified atom stereocenters. The Morgan fingerprint density at radius 2 is 0.837 bits per heavy atom. The van der Waals surface area contributed by atoms with Crippen LogP contribution in [0, 0.1) is 0 Å². The summed E-state index contributed by atoms with van der Waals surface area (Å²) in [5.74, 6) is -1.30. The minimum Gasteiger partial charge on any atom is -0.550 e. The van der Waals surface area contributed by atoms with Gasteiger partial charge in [-0.15, -0.1) is 0 Å². The Kier molecular flexibility index (Phi) is 17.9. The molecule has 0 aliphatic heterocycles. The average molecular weight is 788 g/mol. The van der Waals surface area contributed by atoms with Gasteiger partial charge in [-0.1, -0.05) is 113 Å². The molecule has 49 heavy (non-hydrogen) atoms. The monoisotopic (exact) mass is 787 g/mol. The molecular formula is C36H60CoN2O6Si4. The average Bonchev–Trinajstić information content (AvgIpc) is 2.89. The van der Waals surface area contributed by atoms with Crippen molar-refractivity contribution in [3.8, 4) is 11.5 Å². The number of rotatable bonds is 8. The summed E-state index contributed by atoms with van der Waals surface area (Å²) in [6.45, 7) is 29.9. The summed E-state index contributed by atoms with van der Waals surface area (Å²) in [6, 6.07) is 9.44. The molecule has 0 bridgehead atoms. The molecule has 13 heteroatoms. The van der Waals surface area contributed by atoms with E-state index in [0.29, 0.717) is 11.5 Å². The van der Waals surface area contributed by atoms with Gasteiger partial charge in [0.2, 0.25) is 0 Å². The maximum atomic E-state index is 11.2. The first kappa shape index (κ1) is 46.7. The van der Waals surface area contributed by atoms with Gasteiger partial charge >= 0.3 is 16.8 Å². The van der Waals surface area contributed by atoms with E-state index in [2.05, 4.69) is 103 Å². The molecule has 1 aliphatic carbocycles. The fraction of sp³-hybridized carbons (Fsp3) is 0.556. The quantitative estimate of drug-likeness (QED) is 0.309. The van der Waals surface area contributed by atoms with Gasteiger partial charge in [-0.05, 0) is 49.9 Å². The molecule has 8 nitrogen and oxygen atoms in total. The second-order valence-electron chi connectivity index (χ2n) is 16.9. The van der Waals surface area contributed by atoms with Gasteiger partial charge in [-0.3, -0.25) is 9.98 Å². The molecule has 0 heterocycles. The third kappa shape index (κ3) is 16.1. The number of aromatic hydroxyl groups is 2. The van der Waals surface area contributed by atoms with Gasteiger partial charge in [0.25, 0.3) is 0 Å². The second kappa shape index (κ2) is 18.8. The summed E-state index contributed by atoms with van der Waals surface area (Å²) in [5.41, 5.74) is 1.77. The van der Waals surface area contributed by atoms with Crippen molar-refractivity contribution in [3.05, 3.63) is 35.4 Å². The third-order valence-corrected chi connectivity index (χ3v) is 16.2. The van der Waals surface area contributed by atoms with Gasteiger partial charge in [-0.25, -0.2) is 0 Å². The van der Waals surface area contributed by atoms with Crippen LogP contribution in [0.25, 0.3) is 0 Å². The Hall–Kier alpha value is -2.31. The Morgan fingerprint density at radius 1 is 0.592 bits per heavy atom. The minimum absolute atomic E-state index is 0. The number of carbonyl (C=O) groups excluding carboxylic acids is 2. The topological polar surface area (TPSA) is 145 Å². The first-order valence-electron chi connectivity index (χ1n) is 16.8. The van der Waals surface area contributed by atoms with Crippen molar-refractivity contribution in [1.82, 2.24) is 0 Å². The largest absolute Gasteiger partial charge is 2.00 e. The predicted molar refractivity (Wildman–Crippen MR) is 211 cm³/mol. The Bertz CT molecular complexity index is 1360. The van der Waals surface area contributed by atoms with Crippen molar-refractivity contribution in [2.75, 3.05) is 0 Å². The zero-order valence-corrected chi connectivity index (χ0v) is 37.2. The number of hydrogen-bond acceptors (Lipinski definition) is 8. The summed E-state index contributed by atoms with van der Waals surface area (Å²) >= 11 is 0. The maximum Gasteiger partial charge on any atom is 2.00 e. The van der Waals surface area contributed by atoms with E-state index >= 15 is 0 Å². The number of hydrogen-bond donors (Lipinski definition) is 2. The number of nitrogens with zero attached hydrogens (tertiary/aromatic N) is 2. The summed E-state index contributed by atoms with van der Waals surface area (Å²) in [6.07, 6.45) is 7.86. The van der Waals surface area contributed by atoms with E-state index in [4.69, 9.17) is 29.8 Å². The van der Waals surface area contributed by atoms with Crippen molar-refractivity contribution < 1.29 is 46.8 Å². The molecular weight excluding hydrogens is 728 g/mol. The molecule has 1 radical (unpaired) electrons. The summed E-state index contributed by atoms with van der Waals surface area (Å²) < 4.78 is 0. The molecule has 2 aromatic carbocycles. The smallest absolute Gasteiger partial charge is 0.550 e. The van der Waals surface area contributed by atoms with Crippen molar-refractivity contribution in [2.45, 2.75) is 130 Å². The van der Waals surface area contributed by atoms with Crippen LogP contribution in [0.3, 0.4) is 0 Å². The summed E-state index contributed by atoms with van der Waals surface area (Å²) in [7, 11) is -6.42. The zero-order chi connectivity index (χ0) is 37.4. The van der Waals surface area contributed by atoms with Crippen LogP contribution in [0.1, 0.15) is 50.7 Å². The van der Waals surface area contributed by atoms with Crippen LogP contribution in [-0.4, -0.2) is 79.0 Å². The van der Waals surface area contributed by atoms with Gasteiger partial charge in [0, 0.05) is 35.5 Å². The van der Waals surface area contributed by atoms with Gasteiger partial charge in [0.1, 0.15) is 11.5 Å². The Labute approximate surface area is 309 Å². The number of carboxylic acid groups (broad SMARTS) is 2. The molecule has 2 aromatic rings. The van der Waals surface area contributed by atoms with Crippen LogP contribution in [0.2, 0.25) is 78.6 Å². The first-order chi connectivity index (χ1) is 21.6. The molecule has 1 saturated carbocycles. The zero-order valence-electron chi connectivity index (χ0n) is 32.2. The van der Waals surface area contributed by atoms with E-state index < -0.39 is 44.2 Å². The molecule has 0 spiro atoms. The molecule has 2 N–H and O–H groups in total. The van der Waals surface area contributed by atoms with Crippen LogP contribution in [-0.2, 0) is 26.4 Å². The molecule has 1 aliphatic rings. The molecule has 3 rings (SSSR count). The van der Waals surface area contributed by atoms with Crippen LogP contribution in [0.5, 0.6) is 11.5 Å². The van der Waals surface area contributed by atoms with Crippen molar-refractivity contribution >= 4 is 77.4 Å². The van der Waals surface area contributed by atoms with Crippen molar-refractivity contribution in [2.24, 2.45) is 9.98 Å². The van der Waals surface area contributed by atoms with E-state index in [1.54, 1.807) is 0 Å². The van der Waals surface area contributed by atoms with E-state index in [-0.39, 0.29) is 28.9 Å². The standard InChI is InChI=1S/C32H54N2O2Si4.2C2H4O2.Co/c1-37(2,3)27-17-23(31(35)29(19-27)39(7,8)9)21-33-25-13-15-26(16-14-25)34-22-24-18-28(38(4,5)6)20-30(32(24)36)40(10,11)12;2*1-2(3)4;/h17-22,25-26,35-36H,13-16H2,1-12H3;2*1H3,(H,3,4);/q;;;+2/p-2. The SMILES string of the molecule is CC(=O)[O-].CC(=O)[O-].C[Si](C)(C)c1cc(C=NC2CCC(N=Cc3cc([Si](C)(C)C)cc([Si](C)(C)C)c3O)CC2)c(O)c([Si](C)(C)C)c1.[Co+2]. The van der Waals surface area contributed by atoms with Gasteiger partial charge < -0.3 is 30.0 Å². The number of aliphatic imine (C=N–C) groups is 2. The maximum absolute atomic E-state index is 11.2. The van der Waals surface area contributed by atoms with Crippen molar-refractivity contribution in [1.29, 1.82) is 0 Å². The second-order valence-corrected chi connectivity index (χ2v) is 37.2. The van der Waals surface area contributed by atoms with Gasteiger partial charge in [0.15, 0.2) is 0 Å². The molecule has 275 valence electrons. The number of phenols is 2. The number of carbonyl (C=O) groups is 2. The van der Waals surface area contributed by atoms with Crippen LogP contribution < -0.4 is 31.0 Å². The van der Waals surface area contributed by atoms with E-state index in [9.17, 15) is 10.2 Å². The van der Waals surface area contributed by atoms with Gasteiger partial charge in [-0.2, -0.15) is 0 Å². The molecule has 0 saturated heterocycles. The fourth-order valence-corrected chi connectivity index (χ4v) is 10.8. The molecule has 0 aromatic heterocycles. The summed E-state index contributed by atoms with van der Waals surface area (Å²) in [4.78, 5) is 27.7. The molecule has 1 fully saturated rings. The third-order valence-electron chi connectivity index (χ3n) is 8.14. The molecule has 0 amide bonds. The van der Waals surface area contributed by atoms with E-state index in [1.165, 1.54) is 10.4 Å². The fourth-order valence-electron chi connectivity index (χ4n) is 5.25. The van der Waals surface area contributed by atoms with Crippen LogP contribution in [0.15, 0.2) is 34.3 Å².